The van der Waals surface area contributed by atoms with Gasteiger partial charge in [0.25, 0.3) is 5.91 Å². The zero-order valence-electron chi connectivity index (χ0n) is 19.4. The third-order valence-corrected chi connectivity index (χ3v) is 6.86. The van der Waals surface area contributed by atoms with E-state index in [-0.39, 0.29) is 18.8 Å². The Morgan fingerprint density at radius 3 is 2.75 bits per heavy atom. The van der Waals surface area contributed by atoms with Gasteiger partial charge in [-0.15, -0.1) is 11.3 Å². The molecule has 3 heterocycles. The molecule has 0 radical (unpaired) electrons. The fraction of sp³-hybridized carbons (Fsp3) is 0.292. The number of halogens is 2. The SMILES string of the molecule is CN1CCc2nc(C(=O)NC(CNC(=O)C(=O)Nc3ccc(Cl)cn3)Cc3ccccc3F)sc2C1. The van der Waals surface area contributed by atoms with Crippen molar-refractivity contribution < 1.29 is 18.8 Å². The second kappa shape index (κ2) is 11.5. The molecule has 3 amide bonds. The third-order valence-electron chi connectivity index (χ3n) is 5.56. The number of fused-ring (bicyclic) bond motifs is 1. The molecule has 188 valence electrons. The van der Waals surface area contributed by atoms with Gasteiger partial charge in [-0.1, -0.05) is 29.8 Å². The molecule has 1 aromatic carbocycles. The molecule has 0 saturated heterocycles. The topological polar surface area (TPSA) is 116 Å². The average molecular weight is 531 g/mol. The second-order valence-corrected chi connectivity index (χ2v) is 9.89. The van der Waals surface area contributed by atoms with Gasteiger partial charge in [-0.2, -0.15) is 0 Å². The van der Waals surface area contributed by atoms with Gasteiger partial charge < -0.3 is 20.9 Å². The lowest BCUT2D eigenvalue weighted by Gasteiger charge is -2.20. The number of thiazole rings is 1. The van der Waals surface area contributed by atoms with Crippen LogP contribution in [0.3, 0.4) is 0 Å². The fourth-order valence-corrected chi connectivity index (χ4v) is 4.89. The van der Waals surface area contributed by atoms with Gasteiger partial charge >= 0.3 is 11.8 Å². The number of pyridine rings is 1. The van der Waals surface area contributed by atoms with Crippen molar-refractivity contribution in [2.24, 2.45) is 0 Å². The summed E-state index contributed by atoms with van der Waals surface area (Å²) in [5.41, 5.74) is 1.28. The van der Waals surface area contributed by atoms with Crippen LogP contribution in [-0.4, -0.2) is 58.8 Å². The van der Waals surface area contributed by atoms with Crippen molar-refractivity contribution in [3.05, 3.63) is 74.6 Å². The largest absolute Gasteiger partial charge is 0.346 e. The minimum absolute atomic E-state index is 0.103. The lowest BCUT2D eigenvalue weighted by Crippen LogP contribution is -2.47. The first-order valence-corrected chi connectivity index (χ1v) is 12.4. The molecule has 0 bridgehead atoms. The van der Waals surface area contributed by atoms with Crippen LogP contribution in [0.15, 0.2) is 42.6 Å². The van der Waals surface area contributed by atoms with Crippen molar-refractivity contribution in [3.63, 3.8) is 0 Å². The number of aromatic nitrogens is 2. The number of carbonyl (C=O) groups is 3. The Bertz CT molecular complexity index is 1270. The molecule has 0 fully saturated rings. The number of carbonyl (C=O) groups excluding carboxylic acids is 3. The first-order chi connectivity index (χ1) is 17.3. The van der Waals surface area contributed by atoms with Gasteiger partial charge in [-0.25, -0.2) is 14.4 Å². The number of amides is 3. The van der Waals surface area contributed by atoms with Crippen molar-refractivity contribution in [1.29, 1.82) is 0 Å². The molecule has 0 saturated carbocycles. The molecule has 3 N–H and O–H groups in total. The number of nitrogens with zero attached hydrogens (tertiary/aromatic N) is 3. The van der Waals surface area contributed by atoms with Crippen LogP contribution in [0.25, 0.3) is 0 Å². The normalized spacial score (nSPS) is 14.0. The number of hydrogen-bond acceptors (Lipinski definition) is 7. The zero-order valence-corrected chi connectivity index (χ0v) is 21.0. The first-order valence-electron chi connectivity index (χ1n) is 11.2. The van der Waals surface area contributed by atoms with Crippen LogP contribution in [0.5, 0.6) is 0 Å². The number of likely N-dealkylation sites (N-methyl/N-ethyl adjacent to an activating group) is 1. The van der Waals surface area contributed by atoms with Crippen molar-refractivity contribution in [2.45, 2.75) is 25.4 Å². The number of anilines is 1. The monoisotopic (exact) mass is 530 g/mol. The number of nitrogens with one attached hydrogen (secondary N) is 3. The molecule has 1 aliphatic heterocycles. The summed E-state index contributed by atoms with van der Waals surface area (Å²) in [6, 6.07) is 8.48. The summed E-state index contributed by atoms with van der Waals surface area (Å²) >= 11 is 7.10. The first kappa shape index (κ1) is 25.7. The second-order valence-electron chi connectivity index (χ2n) is 8.37. The van der Waals surface area contributed by atoms with E-state index in [0.717, 1.165) is 30.1 Å². The Hall–Kier alpha value is -3.41. The fourth-order valence-electron chi connectivity index (χ4n) is 3.69. The van der Waals surface area contributed by atoms with Crippen molar-refractivity contribution in [2.75, 3.05) is 25.5 Å². The summed E-state index contributed by atoms with van der Waals surface area (Å²) in [4.78, 5) is 49.2. The van der Waals surface area contributed by atoms with Gasteiger partial charge in [0.15, 0.2) is 5.01 Å². The predicted molar refractivity (Wildman–Crippen MR) is 134 cm³/mol. The molecular weight excluding hydrogens is 507 g/mol. The molecule has 0 aliphatic carbocycles. The molecule has 12 heteroatoms. The summed E-state index contributed by atoms with van der Waals surface area (Å²) in [7, 11) is 2.01. The molecule has 9 nitrogen and oxygen atoms in total. The maximum Gasteiger partial charge on any atom is 0.314 e. The van der Waals surface area contributed by atoms with Crippen LogP contribution in [0.4, 0.5) is 10.2 Å². The van der Waals surface area contributed by atoms with Gasteiger partial charge in [0, 0.05) is 37.1 Å². The number of rotatable bonds is 7. The van der Waals surface area contributed by atoms with Crippen molar-refractivity contribution >= 4 is 46.5 Å². The highest BCUT2D eigenvalue weighted by atomic mass is 35.5. The molecule has 36 heavy (non-hydrogen) atoms. The van der Waals surface area contributed by atoms with Gasteiger partial charge in [-0.05, 0) is 37.2 Å². The van der Waals surface area contributed by atoms with E-state index in [1.807, 2.05) is 7.05 Å². The van der Waals surface area contributed by atoms with Gasteiger partial charge in [0.1, 0.15) is 11.6 Å². The van der Waals surface area contributed by atoms with Crippen molar-refractivity contribution in [1.82, 2.24) is 25.5 Å². The highest BCUT2D eigenvalue weighted by Gasteiger charge is 2.24. The highest BCUT2D eigenvalue weighted by molar-refractivity contribution is 7.13. The van der Waals surface area contributed by atoms with Crippen LogP contribution in [0.2, 0.25) is 5.02 Å². The molecule has 4 rings (SSSR count). The van der Waals surface area contributed by atoms with E-state index in [1.165, 1.54) is 35.7 Å². The summed E-state index contributed by atoms with van der Waals surface area (Å²) in [5.74, 6) is -2.54. The Morgan fingerprint density at radius 2 is 2.00 bits per heavy atom. The number of hydrogen-bond donors (Lipinski definition) is 3. The van der Waals surface area contributed by atoms with Gasteiger partial charge in [0.2, 0.25) is 0 Å². The van der Waals surface area contributed by atoms with E-state index < -0.39 is 29.6 Å². The Morgan fingerprint density at radius 1 is 1.19 bits per heavy atom. The minimum Gasteiger partial charge on any atom is -0.346 e. The Kier molecular flexibility index (Phi) is 8.24. The van der Waals surface area contributed by atoms with E-state index in [9.17, 15) is 18.8 Å². The van der Waals surface area contributed by atoms with Gasteiger partial charge in [-0.3, -0.25) is 14.4 Å². The predicted octanol–water partition coefficient (Wildman–Crippen LogP) is 2.41. The Balaban J connectivity index is 1.42. The summed E-state index contributed by atoms with van der Waals surface area (Å²) in [6.45, 7) is 1.49. The minimum atomic E-state index is -0.933. The molecule has 0 spiro atoms. The summed E-state index contributed by atoms with van der Waals surface area (Å²) in [5, 5.41) is 8.40. The molecule has 1 unspecified atom stereocenters. The van der Waals surface area contributed by atoms with Crippen LogP contribution in [-0.2, 0) is 29.0 Å². The van der Waals surface area contributed by atoms with E-state index in [0.29, 0.717) is 15.6 Å². The van der Waals surface area contributed by atoms with E-state index in [1.54, 1.807) is 18.2 Å². The smallest absolute Gasteiger partial charge is 0.314 e. The Labute approximate surface area is 216 Å². The van der Waals surface area contributed by atoms with Crippen LogP contribution in [0.1, 0.15) is 25.9 Å². The zero-order chi connectivity index (χ0) is 25.7. The standard InChI is InChI=1S/C24H24ClFN6O3S/c1-32-9-8-18-19(13-32)36-24(30-18)23(35)29-16(10-14-4-2-3-5-17(14)26)12-28-21(33)22(34)31-20-7-6-15(25)11-27-20/h2-7,11,16H,8-10,12-13H2,1H3,(H,28,33)(H,29,35)(H,27,31,34). The summed E-state index contributed by atoms with van der Waals surface area (Å²) in [6.07, 6.45) is 2.21. The van der Waals surface area contributed by atoms with E-state index >= 15 is 0 Å². The average Bonchev–Trinajstić information content (AvgIpc) is 3.28. The quantitative estimate of drug-likeness (QED) is 0.404. The van der Waals surface area contributed by atoms with Crippen LogP contribution in [0, 0.1) is 5.82 Å². The maximum absolute atomic E-state index is 14.3. The van der Waals surface area contributed by atoms with Gasteiger partial charge in [0.05, 0.1) is 16.8 Å². The van der Waals surface area contributed by atoms with Crippen LogP contribution < -0.4 is 16.0 Å². The molecule has 1 aliphatic rings. The highest BCUT2D eigenvalue weighted by Crippen LogP contribution is 2.24. The summed E-state index contributed by atoms with van der Waals surface area (Å²) < 4.78 is 14.3. The molecular formula is C24H24ClFN6O3S. The van der Waals surface area contributed by atoms with E-state index in [2.05, 4.69) is 30.8 Å². The maximum atomic E-state index is 14.3. The number of benzene rings is 1. The lowest BCUT2D eigenvalue weighted by atomic mass is 10.1. The van der Waals surface area contributed by atoms with Crippen LogP contribution >= 0.6 is 22.9 Å². The molecule has 2 aromatic heterocycles. The molecule has 1 atom stereocenters. The lowest BCUT2D eigenvalue weighted by molar-refractivity contribution is -0.136. The molecule has 3 aromatic rings. The van der Waals surface area contributed by atoms with E-state index in [4.69, 9.17) is 11.6 Å². The third kappa shape index (κ3) is 6.62. The van der Waals surface area contributed by atoms with Crippen molar-refractivity contribution in [3.8, 4) is 0 Å².